The minimum Gasteiger partial charge on any atom is -0.464 e. The lowest BCUT2D eigenvalue weighted by Crippen LogP contribution is -2.39. The number of furan rings is 1. The van der Waals surface area contributed by atoms with E-state index in [1.807, 2.05) is 42.2 Å². The topological polar surface area (TPSA) is 54.7 Å². The summed E-state index contributed by atoms with van der Waals surface area (Å²) >= 11 is 0. The van der Waals surface area contributed by atoms with Crippen LogP contribution in [-0.4, -0.2) is 44.2 Å². The van der Waals surface area contributed by atoms with Crippen LogP contribution in [0.2, 0.25) is 0 Å². The van der Waals surface area contributed by atoms with Gasteiger partial charge in [-0.1, -0.05) is 30.3 Å². The van der Waals surface area contributed by atoms with E-state index < -0.39 is 0 Å². The minimum atomic E-state index is 0.0658. The number of amides is 1. The molecule has 0 unspecified atom stereocenters. The maximum absolute atomic E-state index is 12.5. The van der Waals surface area contributed by atoms with Gasteiger partial charge in [0.25, 0.3) is 0 Å². The Kier molecular flexibility index (Phi) is 7.52. The van der Waals surface area contributed by atoms with E-state index >= 15 is 0 Å². The predicted octanol–water partition coefficient (Wildman–Crippen LogP) is 2.40. The van der Waals surface area contributed by atoms with Gasteiger partial charge in [0.1, 0.15) is 11.5 Å². The molecule has 0 saturated carbocycles. The Hall–Kier alpha value is -2.11. The van der Waals surface area contributed by atoms with Crippen molar-refractivity contribution >= 4 is 5.91 Å². The van der Waals surface area contributed by atoms with Crippen molar-refractivity contribution in [2.45, 2.75) is 19.9 Å². The lowest BCUT2D eigenvalue weighted by atomic mass is 10.1. The third-order valence-electron chi connectivity index (χ3n) is 3.77. The van der Waals surface area contributed by atoms with E-state index in [2.05, 4.69) is 17.4 Å². The molecule has 0 atom stereocenters. The van der Waals surface area contributed by atoms with Gasteiger partial charge >= 0.3 is 0 Å². The van der Waals surface area contributed by atoms with Gasteiger partial charge in [-0.25, -0.2) is 0 Å². The molecule has 130 valence electrons. The number of ether oxygens (including phenoxy) is 1. The van der Waals surface area contributed by atoms with Crippen LogP contribution in [0.1, 0.15) is 17.1 Å². The van der Waals surface area contributed by atoms with E-state index in [0.29, 0.717) is 32.8 Å². The Bertz CT molecular complexity index is 610. The molecule has 2 aromatic rings. The molecular formula is C19H26N2O3. The highest BCUT2D eigenvalue weighted by Gasteiger charge is 2.15. The zero-order valence-corrected chi connectivity index (χ0v) is 14.5. The van der Waals surface area contributed by atoms with E-state index in [1.165, 1.54) is 5.56 Å². The maximum atomic E-state index is 12.5. The molecular weight excluding hydrogens is 304 g/mol. The zero-order chi connectivity index (χ0) is 17.2. The van der Waals surface area contributed by atoms with Gasteiger partial charge < -0.3 is 19.4 Å². The predicted molar refractivity (Wildman–Crippen MR) is 93.8 cm³/mol. The Labute approximate surface area is 143 Å². The van der Waals surface area contributed by atoms with Crippen molar-refractivity contribution in [3.8, 4) is 0 Å². The molecule has 0 aliphatic carbocycles. The third-order valence-corrected chi connectivity index (χ3v) is 3.77. The number of aryl methyl sites for hydroxylation is 1. The Morgan fingerprint density at radius 2 is 2.00 bits per heavy atom. The van der Waals surface area contributed by atoms with E-state index in [9.17, 15) is 4.79 Å². The Balaban J connectivity index is 1.93. The number of nitrogens with zero attached hydrogens (tertiary/aromatic N) is 1. The van der Waals surface area contributed by atoms with Crippen LogP contribution in [0.3, 0.4) is 0 Å². The second-order valence-electron chi connectivity index (χ2n) is 5.73. The zero-order valence-electron chi connectivity index (χ0n) is 14.5. The van der Waals surface area contributed by atoms with Crippen LogP contribution in [0.25, 0.3) is 0 Å². The number of benzene rings is 1. The van der Waals surface area contributed by atoms with Crippen LogP contribution < -0.4 is 5.32 Å². The highest BCUT2D eigenvalue weighted by atomic mass is 16.5. The summed E-state index contributed by atoms with van der Waals surface area (Å²) in [5.41, 5.74) is 1.22. The van der Waals surface area contributed by atoms with Gasteiger partial charge in [-0.3, -0.25) is 4.79 Å². The molecule has 2 rings (SSSR count). The Morgan fingerprint density at radius 3 is 2.67 bits per heavy atom. The average molecular weight is 330 g/mol. The summed E-state index contributed by atoms with van der Waals surface area (Å²) in [5.74, 6) is 1.74. The molecule has 1 aromatic carbocycles. The molecule has 0 spiro atoms. The maximum Gasteiger partial charge on any atom is 0.236 e. The fraction of sp³-hybridized carbons (Fsp3) is 0.421. The van der Waals surface area contributed by atoms with Crippen molar-refractivity contribution < 1.29 is 13.9 Å². The number of carbonyl (C=O) groups is 1. The van der Waals surface area contributed by atoms with Crippen LogP contribution in [0.15, 0.2) is 46.9 Å². The molecule has 1 N–H and O–H groups in total. The molecule has 1 heterocycles. The van der Waals surface area contributed by atoms with Crippen LogP contribution >= 0.6 is 0 Å². The van der Waals surface area contributed by atoms with Crippen LogP contribution in [-0.2, 0) is 22.5 Å². The molecule has 0 bridgehead atoms. The Morgan fingerprint density at radius 1 is 1.21 bits per heavy atom. The van der Waals surface area contributed by atoms with Crippen molar-refractivity contribution in [3.63, 3.8) is 0 Å². The second kappa shape index (κ2) is 9.90. The lowest BCUT2D eigenvalue weighted by molar-refractivity contribution is -0.131. The molecule has 0 aliphatic heterocycles. The van der Waals surface area contributed by atoms with E-state index in [0.717, 1.165) is 17.9 Å². The van der Waals surface area contributed by atoms with Crippen molar-refractivity contribution in [3.05, 3.63) is 59.5 Å². The first-order chi connectivity index (χ1) is 11.7. The quantitative estimate of drug-likeness (QED) is 0.680. The molecule has 0 aliphatic rings. The fourth-order valence-corrected chi connectivity index (χ4v) is 2.44. The number of nitrogens with one attached hydrogen (secondary N) is 1. The van der Waals surface area contributed by atoms with E-state index in [4.69, 9.17) is 9.15 Å². The number of methoxy groups -OCH3 is 1. The first kappa shape index (κ1) is 18.2. The second-order valence-corrected chi connectivity index (χ2v) is 5.73. The summed E-state index contributed by atoms with van der Waals surface area (Å²) in [6.45, 7) is 4.62. The van der Waals surface area contributed by atoms with Gasteiger partial charge in [-0.2, -0.15) is 0 Å². The summed E-state index contributed by atoms with van der Waals surface area (Å²) in [5, 5.41) is 3.11. The summed E-state index contributed by atoms with van der Waals surface area (Å²) in [6, 6.07) is 14.0. The molecule has 0 fully saturated rings. The molecule has 1 amide bonds. The summed E-state index contributed by atoms with van der Waals surface area (Å²) in [4.78, 5) is 14.4. The normalized spacial score (nSPS) is 10.8. The summed E-state index contributed by atoms with van der Waals surface area (Å²) in [6.07, 6.45) is 0.824. The van der Waals surface area contributed by atoms with Gasteiger partial charge in [0, 0.05) is 20.2 Å². The van der Waals surface area contributed by atoms with Crippen LogP contribution in [0.4, 0.5) is 0 Å². The summed E-state index contributed by atoms with van der Waals surface area (Å²) in [7, 11) is 1.65. The molecule has 5 heteroatoms. The highest BCUT2D eigenvalue weighted by Crippen LogP contribution is 2.11. The fourth-order valence-electron chi connectivity index (χ4n) is 2.44. The van der Waals surface area contributed by atoms with Gasteiger partial charge in [-0.15, -0.1) is 0 Å². The number of hydrogen-bond donors (Lipinski definition) is 1. The van der Waals surface area contributed by atoms with E-state index in [1.54, 1.807) is 7.11 Å². The standard InChI is InChI=1S/C19H26N2O3/c1-16-8-9-18(24-16)15-21(19(22)14-20-11-13-23-2)12-10-17-6-4-3-5-7-17/h3-9,20H,10-15H2,1-2H3. The van der Waals surface area contributed by atoms with Gasteiger partial charge in [-0.05, 0) is 31.0 Å². The summed E-state index contributed by atoms with van der Waals surface area (Å²) < 4.78 is 10.6. The minimum absolute atomic E-state index is 0.0658. The lowest BCUT2D eigenvalue weighted by Gasteiger charge is -2.22. The smallest absolute Gasteiger partial charge is 0.236 e. The van der Waals surface area contributed by atoms with Crippen molar-refractivity contribution in [2.24, 2.45) is 0 Å². The van der Waals surface area contributed by atoms with Crippen LogP contribution in [0, 0.1) is 6.92 Å². The van der Waals surface area contributed by atoms with Gasteiger partial charge in [0.15, 0.2) is 0 Å². The van der Waals surface area contributed by atoms with Crippen LogP contribution in [0.5, 0.6) is 0 Å². The largest absolute Gasteiger partial charge is 0.464 e. The van der Waals surface area contributed by atoms with Gasteiger partial charge in [0.2, 0.25) is 5.91 Å². The van der Waals surface area contributed by atoms with Crippen molar-refractivity contribution in [2.75, 3.05) is 33.4 Å². The number of hydrogen-bond acceptors (Lipinski definition) is 4. The first-order valence-electron chi connectivity index (χ1n) is 8.25. The average Bonchev–Trinajstić information content (AvgIpc) is 3.01. The van der Waals surface area contributed by atoms with Crippen molar-refractivity contribution in [1.29, 1.82) is 0 Å². The number of rotatable bonds is 10. The molecule has 0 radical (unpaired) electrons. The van der Waals surface area contributed by atoms with E-state index in [-0.39, 0.29) is 5.91 Å². The molecule has 1 aromatic heterocycles. The molecule has 5 nitrogen and oxygen atoms in total. The first-order valence-corrected chi connectivity index (χ1v) is 8.25. The van der Waals surface area contributed by atoms with Gasteiger partial charge in [0.05, 0.1) is 19.7 Å². The molecule has 24 heavy (non-hydrogen) atoms. The monoisotopic (exact) mass is 330 g/mol. The van der Waals surface area contributed by atoms with Crippen molar-refractivity contribution in [1.82, 2.24) is 10.2 Å². The number of carbonyl (C=O) groups excluding carboxylic acids is 1. The SMILES string of the molecule is COCCNCC(=O)N(CCc1ccccc1)Cc1ccc(C)o1. The third kappa shape index (κ3) is 6.18. The molecule has 0 saturated heterocycles. The highest BCUT2D eigenvalue weighted by molar-refractivity contribution is 5.78.